The topological polar surface area (TPSA) is 33.3 Å². The van der Waals surface area contributed by atoms with Gasteiger partial charge in [-0.15, -0.1) is 0 Å². The quantitative estimate of drug-likeness (QED) is 0.769. The SMILES string of the molecule is CCNC(=S)N[C@@H]1CCOc2ccccc21. The van der Waals surface area contributed by atoms with Crippen LogP contribution >= 0.6 is 12.2 Å². The van der Waals surface area contributed by atoms with Crippen LogP contribution in [0, 0.1) is 0 Å². The Bertz CT molecular complexity index is 381. The summed E-state index contributed by atoms with van der Waals surface area (Å²) < 4.78 is 5.59. The van der Waals surface area contributed by atoms with Crippen LogP contribution in [0.15, 0.2) is 24.3 Å². The Morgan fingerprint density at radius 2 is 2.31 bits per heavy atom. The van der Waals surface area contributed by atoms with Crippen LogP contribution in [-0.4, -0.2) is 18.3 Å². The van der Waals surface area contributed by atoms with Crippen LogP contribution in [0.5, 0.6) is 5.75 Å². The van der Waals surface area contributed by atoms with E-state index in [2.05, 4.69) is 16.7 Å². The third-order valence-electron chi connectivity index (χ3n) is 2.60. The summed E-state index contributed by atoms with van der Waals surface area (Å²) in [5, 5.41) is 7.13. The lowest BCUT2D eigenvalue weighted by Gasteiger charge is -2.27. The standard InChI is InChI=1S/C12H16N2OS/c1-2-13-12(16)14-10-7-8-15-11-6-4-3-5-9(10)11/h3-6,10H,2,7-8H2,1H3,(H2,13,14,16)/t10-/m1/s1. The van der Waals surface area contributed by atoms with Crippen molar-refractivity contribution in [1.82, 2.24) is 10.6 Å². The second kappa shape index (κ2) is 5.16. The average Bonchev–Trinajstić information content (AvgIpc) is 2.30. The summed E-state index contributed by atoms with van der Waals surface area (Å²) in [6.07, 6.45) is 0.947. The Morgan fingerprint density at radius 1 is 1.50 bits per heavy atom. The first-order valence-electron chi connectivity index (χ1n) is 5.57. The van der Waals surface area contributed by atoms with Crippen LogP contribution in [0.25, 0.3) is 0 Å². The summed E-state index contributed by atoms with van der Waals surface area (Å²) in [7, 11) is 0. The first-order chi connectivity index (χ1) is 7.81. The van der Waals surface area contributed by atoms with E-state index >= 15 is 0 Å². The smallest absolute Gasteiger partial charge is 0.166 e. The molecule has 0 spiro atoms. The molecule has 1 aromatic rings. The molecular weight excluding hydrogens is 220 g/mol. The van der Waals surface area contributed by atoms with Gasteiger partial charge < -0.3 is 15.4 Å². The number of fused-ring (bicyclic) bond motifs is 1. The highest BCUT2D eigenvalue weighted by Gasteiger charge is 2.21. The van der Waals surface area contributed by atoms with Gasteiger partial charge in [0, 0.05) is 18.5 Å². The molecule has 2 N–H and O–H groups in total. The van der Waals surface area contributed by atoms with Crippen molar-refractivity contribution in [2.24, 2.45) is 0 Å². The van der Waals surface area contributed by atoms with E-state index < -0.39 is 0 Å². The zero-order valence-corrected chi connectivity index (χ0v) is 10.1. The molecule has 0 fully saturated rings. The molecule has 0 bridgehead atoms. The van der Waals surface area contributed by atoms with E-state index in [4.69, 9.17) is 17.0 Å². The molecule has 0 aliphatic carbocycles. The fourth-order valence-corrected chi connectivity index (χ4v) is 2.15. The number of ether oxygens (including phenoxy) is 1. The van der Waals surface area contributed by atoms with Gasteiger partial charge in [0.15, 0.2) is 5.11 Å². The molecule has 86 valence electrons. The third kappa shape index (κ3) is 2.44. The average molecular weight is 236 g/mol. The van der Waals surface area contributed by atoms with Crippen molar-refractivity contribution in [2.75, 3.05) is 13.2 Å². The zero-order valence-electron chi connectivity index (χ0n) is 9.32. The molecule has 1 aromatic carbocycles. The Labute approximate surface area is 101 Å². The number of hydrogen-bond donors (Lipinski definition) is 2. The Kier molecular flexibility index (Phi) is 3.62. The van der Waals surface area contributed by atoms with E-state index in [-0.39, 0.29) is 6.04 Å². The molecule has 16 heavy (non-hydrogen) atoms. The molecule has 3 nitrogen and oxygen atoms in total. The number of rotatable bonds is 2. The summed E-state index contributed by atoms with van der Waals surface area (Å²) in [4.78, 5) is 0. The first-order valence-corrected chi connectivity index (χ1v) is 5.98. The lowest BCUT2D eigenvalue weighted by atomic mass is 10.0. The molecule has 0 saturated carbocycles. The van der Waals surface area contributed by atoms with Gasteiger partial charge >= 0.3 is 0 Å². The van der Waals surface area contributed by atoms with E-state index in [1.807, 2.05) is 25.1 Å². The maximum Gasteiger partial charge on any atom is 0.166 e. The van der Waals surface area contributed by atoms with Gasteiger partial charge in [0.1, 0.15) is 5.75 Å². The predicted molar refractivity (Wildman–Crippen MR) is 68.7 cm³/mol. The number of thiocarbonyl (C=S) groups is 1. The molecule has 0 unspecified atom stereocenters. The lowest BCUT2D eigenvalue weighted by Crippen LogP contribution is -2.39. The molecule has 1 atom stereocenters. The molecule has 0 saturated heterocycles. The van der Waals surface area contributed by atoms with Gasteiger partial charge in [0.25, 0.3) is 0 Å². The highest BCUT2D eigenvalue weighted by Crippen LogP contribution is 2.31. The monoisotopic (exact) mass is 236 g/mol. The van der Waals surface area contributed by atoms with Gasteiger partial charge in [-0.3, -0.25) is 0 Å². The van der Waals surface area contributed by atoms with Crippen molar-refractivity contribution in [2.45, 2.75) is 19.4 Å². The minimum Gasteiger partial charge on any atom is -0.493 e. The van der Waals surface area contributed by atoms with Gasteiger partial charge in [-0.05, 0) is 25.2 Å². The number of hydrogen-bond acceptors (Lipinski definition) is 2. The summed E-state index contributed by atoms with van der Waals surface area (Å²) in [5.41, 5.74) is 1.19. The van der Waals surface area contributed by atoms with Crippen LogP contribution in [0.1, 0.15) is 24.9 Å². The summed E-state index contributed by atoms with van der Waals surface area (Å²) >= 11 is 5.20. The third-order valence-corrected chi connectivity index (χ3v) is 2.86. The Morgan fingerprint density at radius 3 is 3.12 bits per heavy atom. The van der Waals surface area contributed by atoms with Crippen molar-refractivity contribution < 1.29 is 4.74 Å². The first kappa shape index (κ1) is 11.2. The highest BCUT2D eigenvalue weighted by atomic mass is 32.1. The zero-order chi connectivity index (χ0) is 11.4. The molecule has 1 aliphatic heterocycles. The van der Waals surface area contributed by atoms with Gasteiger partial charge in [-0.2, -0.15) is 0 Å². The Hall–Kier alpha value is -1.29. The van der Waals surface area contributed by atoms with Gasteiger partial charge in [-0.1, -0.05) is 18.2 Å². The maximum atomic E-state index is 5.59. The molecule has 1 heterocycles. The molecular formula is C12H16N2OS. The lowest BCUT2D eigenvalue weighted by molar-refractivity contribution is 0.262. The van der Waals surface area contributed by atoms with Crippen molar-refractivity contribution in [3.63, 3.8) is 0 Å². The van der Waals surface area contributed by atoms with Crippen LogP contribution < -0.4 is 15.4 Å². The van der Waals surface area contributed by atoms with Crippen molar-refractivity contribution in [1.29, 1.82) is 0 Å². The van der Waals surface area contributed by atoms with Crippen LogP contribution in [0.4, 0.5) is 0 Å². The maximum absolute atomic E-state index is 5.59. The highest BCUT2D eigenvalue weighted by molar-refractivity contribution is 7.80. The normalized spacial score (nSPS) is 18.2. The van der Waals surface area contributed by atoms with Crippen LogP contribution in [0.2, 0.25) is 0 Å². The fraction of sp³-hybridized carbons (Fsp3) is 0.417. The number of benzene rings is 1. The van der Waals surface area contributed by atoms with E-state index in [0.29, 0.717) is 5.11 Å². The molecule has 4 heteroatoms. The predicted octanol–water partition coefficient (Wildman–Crippen LogP) is 1.99. The van der Waals surface area contributed by atoms with Crippen molar-refractivity contribution in [3.05, 3.63) is 29.8 Å². The molecule has 0 aromatic heterocycles. The second-order valence-corrected chi connectivity index (χ2v) is 4.14. The molecule has 0 amide bonds. The molecule has 0 radical (unpaired) electrons. The van der Waals surface area contributed by atoms with E-state index in [9.17, 15) is 0 Å². The molecule has 1 aliphatic rings. The van der Waals surface area contributed by atoms with Crippen molar-refractivity contribution >= 4 is 17.3 Å². The number of para-hydroxylation sites is 1. The van der Waals surface area contributed by atoms with Gasteiger partial charge in [0.2, 0.25) is 0 Å². The van der Waals surface area contributed by atoms with Gasteiger partial charge in [0.05, 0.1) is 12.6 Å². The minimum atomic E-state index is 0.261. The van der Waals surface area contributed by atoms with Crippen LogP contribution in [0.3, 0.4) is 0 Å². The summed E-state index contributed by atoms with van der Waals surface area (Å²) in [6.45, 7) is 3.62. The Balaban J connectivity index is 2.10. The van der Waals surface area contributed by atoms with Gasteiger partial charge in [-0.25, -0.2) is 0 Å². The largest absolute Gasteiger partial charge is 0.493 e. The summed E-state index contributed by atoms with van der Waals surface area (Å²) in [6, 6.07) is 8.36. The van der Waals surface area contributed by atoms with Crippen molar-refractivity contribution in [3.8, 4) is 5.75 Å². The molecule has 2 rings (SSSR count). The number of nitrogens with one attached hydrogen (secondary N) is 2. The fourth-order valence-electron chi connectivity index (χ4n) is 1.86. The van der Waals surface area contributed by atoms with E-state index in [0.717, 1.165) is 25.3 Å². The van der Waals surface area contributed by atoms with E-state index in [1.54, 1.807) is 0 Å². The second-order valence-electron chi connectivity index (χ2n) is 3.73. The summed E-state index contributed by atoms with van der Waals surface area (Å²) in [5.74, 6) is 0.963. The van der Waals surface area contributed by atoms with E-state index in [1.165, 1.54) is 5.56 Å². The van der Waals surface area contributed by atoms with Crippen LogP contribution in [-0.2, 0) is 0 Å². The minimum absolute atomic E-state index is 0.261.